The molecule has 4 nitrogen and oxygen atoms in total. The third kappa shape index (κ3) is 1.02. The van der Waals surface area contributed by atoms with Crippen molar-refractivity contribution in [1.29, 1.82) is 5.26 Å². The predicted molar refractivity (Wildman–Crippen MR) is 50.0 cm³/mol. The first kappa shape index (κ1) is 7.62. The molecule has 0 spiro atoms. The molecule has 0 aliphatic carbocycles. The van der Waals surface area contributed by atoms with Gasteiger partial charge >= 0.3 is 0 Å². The fourth-order valence-corrected chi connectivity index (χ4v) is 1.31. The predicted octanol–water partition coefficient (Wildman–Crippen LogP) is 1.33. The molecule has 0 saturated carbocycles. The van der Waals surface area contributed by atoms with Gasteiger partial charge in [0.25, 0.3) is 0 Å². The fraction of sp³-hybridized carbons (Fsp3) is 0.111. The summed E-state index contributed by atoms with van der Waals surface area (Å²) in [5.74, 6) is 0.475. The van der Waals surface area contributed by atoms with E-state index < -0.39 is 0 Å². The third-order valence-electron chi connectivity index (χ3n) is 2.06. The maximum absolute atomic E-state index is 8.77. The number of aryl methyl sites for hydroxylation is 1. The Morgan fingerprint density at radius 1 is 1.54 bits per heavy atom. The van der Waals surface area contributed by atoms with Gasteiger partial charge in [0, 0.05) is 5.39 Å². The van der Waals surface area contributed by atoms with E-state index in [2.05, 4.69) is 16.3 Å². The van der Waals surface area contributed by atoms with Crippen molar-refractivity contribution in [2.75, 3.05) is 5.73 Å². The standard InChI is InChI=1S/C9H8N4/c1-5-2-7-8(3-6(5)4-10)12-13-9(7)11/h2-3H,1H3,(H3,11,12,13). The van der Waals surface area contributed by atoms with Gasteiger partial charge < -0.3 is 5.73 Å². The summed E-state index contributed by atoms with van der Waals surface area (Å²) in [5.41, 5.74) is 7.99. The van der Waals surface area contributed by atoms with Gasteiger partial charge in [-0.3, -0.25) is 5.10 Å². The summed E-state index contributed by atoms with van der Waals surface area (Å²) in [7, 11) is 0. The Balaban J connectivity index is 2.85. The highest BCUT2D eigenvalue weighted by Gasteiger charge is 2.05. The highest BCUT2D eigenvalue weighted by atomic mass is 15.1. The molecule has 64 valence electrons. The lowest BCUT2D eigenvalue weighted by Gasteiger charge is -1.96. The van der Waals surface area contributed by atoms with Gasteiger partial charge in [-0.2, -0.15) is 10.4 Å². The molecule has 2 rings (SSSR count). The van der Waals surface area contributed by atoms with Crippen LogP contribution in [0.2, 0.25) is 0 Å². The van der Waals surface area contributed by atoms with Gasteiger partial charge in [0.1, 0.15) is 0 Å². The summed E-state index contributed by atoms with van der Waals surface area (Å²) in [6.07, 6.45) is 0. The molecule has 13 heavy (non-hydrogen) atoms. The second-order valence-corrected chi connectivity index (χ2v) is 2.93. The van der Waals surface area contributed by atoms with Crippen LogP contribution in [0.4, 0.5) is 5.82 Å². The van der Waals surface area contributed by atoms with Gasteiger partial charge in [-0.1, -0.05) is 0 Å². The largest absolute Gasteiger partial charge is 0.382 e. The topological polar surface area (TPSA) is 78.5 Å². The van der Waals surface area contributed by atoms with Crippen LogP contribution >= 0.6 is 0 Å². The number of aromatic amines is 1. The van der Waals surface area contributed by atoms with Crippen LogP contribution in [0.5, 0.6) is 0 Å². The molecule has 0 fully saturated rings. The van der Waals surface area contributed by atoms with Crippen molar-refractivity contribution in [2.45, 2.75) is 6.92 Å². The number of benzene rings is 1. The number of hydrogen-bond acceptors (Lipinski definition) is 3. The first-order valence-corrected chi connectivity index (χ1v) is 3.86. The third-order valence-corrected chi connectivity index (χ3v) is 2.06. The smallest absolute Gasteiger partial charge is 0.153 e. The Labute approximate surface area is 75.0 Å². The van der Waals surface area contributed by atoms with Gasteiger partial charge in [0.05, 0.1) is 17.1 Å². The first-order chi connectivity index (χ1) is 6.22. The van der Waals surface area contributed by atoms with Crippen LogP contribution in [0.15, 0.2) is 12.1 Å². The number of nitrogens with two attached hydrogens (primary N) is 1. The minimum Gasteiger partial charge on any atom is -0.382 e. The highest BCUT2D eigenvalue weighted by molar-refractivity contribution is 5.90. The van der Waals surface area contributed by atoms with Crippen LogP contribution in [0.3, 0.4) is 0 Å². The summed E-state index contributed by atoms with van der Waals surface area (Å²) in [5, 5.41) is 16.3. The fourth-order valence-electron chi connectivity index (χ4n) is 1.31. The van der Waals surface area contributed by atoms with Crippen molar-refractivity contribution in [1.82, 2.24) is 10.2 Å². The minimum atomic E-state index is 0.475. The Hall–Kier alpha value is -2.02. The molecule has 1 aromatic heterocycles. The van der Waals surface area contributed by atoms with E-state index in [1.54, 1.807) is 6.07 Å². The van der Waals surface area contributed by atoms with Crippen LogP contribution < -0.4 is 5.73 Å². The van der Waals surface area contributed by atoms with Crippen molar-refractivity contribution >= 4 is 16.7 Å². The zero-order chi connectivity index (χ0) is 9.42. The van der Waals surface area contributed by atoms with Crippen molar-refractivity contribution in [2.24, 2.45) is 0 Å². The van der Waals surface area contributed by atoms with E-state index in [1.807, 2.05) is 13.0 Å². The number of aromatic nitrogens is 2. The number of anilines is 1. The second kappa shape index (κ2) is 2.49. The van der Waals surface area contributed by atoms with E-state index in [-0.39, 0.29) is 0 Å². The summed E-state index contributed by atoms with van der Waals surface area (Å²) >= 11 is 0. The van der Waals surface area contributed by atoms with Crippen LogP contribution in [0, 0.1) is 18.3 Å². The zero-order valence-electron chi connectivity index (χ0n) is 7.13. The summed E-state index contributed by atoms with van der Waals surface area (Å²) in [4.78, 5) is 0. The minimum absolute atomic E-state index is 0.475. The van der Waals surface area contributed by atoms with Crippen LogP contribution in [-0.4, -0.2) is 10.2 Å². The summed E-state index contributed by atoms with van der Waals surface area (Å²) in [6, 6.07) is 5.73. The van der Waals surface area contributed by atoms with E-state index in [9.17, 15) is 0 Å². The van der Waals surface area contributed by atoms with Crippen LogP contribution in [-0.2, 0) is 0 Å². The summed E-state index contributed by atoms with van der Waals surface area (Å²) < 4.78 is 0. The van der Waals surface area contributed by atoms with E-state index in [4.69, 9.17) is 11.0 Å². The van der Waals surface area contributed by atoms with Crippen molar-refractivity contribution in [3.05, 3.63) is 23.3 Å². The van der Waals surface area contributed by atoms with E-state index in [0.29, 0.717) is 11.4 Å². The monoisotopic (exact) mass is 172 g/mol. The van der Waals surface area contributed by atoms with E-state index in [1.165, 1.54) is 0 Å². The average Bonchev–Trinajstić information content (AvgIpc) is 2.47. The number of rotatable bonds is 0. The average molecular weight is 172 g/mol. The first-order valence-electron chi connectivity index (χ1n) is 3.86. The van der Waals surface area contributed by atoms with Gasteiger partial charge in [0.2, 0.25) is 0 Å². The molecule has 2 aromatic rings. The van der Waals surface area contributed by atoms with Crippen molar-refractivity contribution < 1.29 is 0 Å². The molecule has 0 amide bonds. The Bertz CT molecular complexity index is 504. The Morgan fingerprint density at radius 3 is 3.00 bits per heavy atom. The molecule has 1 aromatic carbocycles. The Kier molecular flexibility index (Phi) is 1.46. The number of H-pyrrole nitrogens is 1. The van der Waals surface area contributed by atoms with Crippen LogP contribution in [0.1, 0.15) is 11.1 Å². The number of fused-ring (bicyclic) bond motifs is 1. The highest BCUT2D eigenvalue weighted by Crippen LogP contribution is 2.21. The van der Waals surface area contributed by atoms with Crippen LogP contribution in [0.25, 0.3) is 10.9 Å². The number of nitriles is 1. The lowest BCUT2D eigenvalue weighted by Crippen LogP contribution is -1.85. The number of nitrogen functional groups attached to an aromatic ring is 1. The number of nitrogens with one attached hydrogen (secondary N) is 1. The van der Waals surface area contributed by atoms with Crippen molar-refractivity contribution in [3.63, 3.8) is 0 Å². The maximum atomic E-state index is 8.77. The molecule has 0 radical (unpaired) electrons. The molecule has 0 aliphatic rings. The number of nitrogens with zero attached hydrogens (tertiary/aromatic N) is 2. The quantitative estimate of drug-likeness (QED) is 0.629. The van der Waals surface area contributed by atoms with Gasteiger partial charge in [-0.15, -0.1) is 0 Å². The molecule has 0 aliphatic heterocycles. The molecule has 0 unspecified atom stereocenters. The Morgan fingerprint density at radius 2 is 2.31 bits per heavy atom. The molecule has 1 heterocycles. The molecule has 0 saturated heterocycles. The lowest BCUT2D eigenvalue weighted by atomic mass is 10.1. The summed E-state index contributed by atoms with van der Waals surface area (Å²) in [6.45, 7) is 1.88. The van der Waals surface area contributed by atoms with Gasteiger partial charge in [0.15, 0.2) is 5.82 Å². The maximum Gasteiger partial charge on any atom is 0.153 e. The van der Waals surface area contributed by atoms with E-state index in [0.717, 1.165) is 16.5 Å². The molecular formula is C9H8N4. The van der Waals surface area contributed by atoms with E-state index >= 15 is 0 Å². The number of hydrogen-bond donors (Lipinski definition) is 2. The normalized spacial score (nSPS) is 10.2. The molecular weight excluding hydrogens is 164 g/mol. The molecule has 4 heteroatoms. The molecule has 0 bridgehead atoms. The van der Waals surface area contributed by atoms with Gasteiger partial charge in [-0.05, 0) is 24.6 Å². The van der Waals surface area contributed by atoms with Crippen molar-refractivity contribution in [3.8, 4) is 6.07 Å². The lowest BCUT2D eigenvalue weighted by molar-refractivity contribution is 1.13. The molecule has 3 N–H and O–H groups in total. The van der Waals surface area contributed by atoms with Gasteiger partial charge in [-0.25, -0.2) is 0 Å². The zero-order valence-corrected chi connectivity index (χ0v) is 7.13. The molecule has 0 atom stereocenters. The SMILES string of the molecule is Cc1cc2c(N)n[nH]c2cc1C#N. The second-order valence-electron chi connectivity index (χ2n) is 2.93.